The molecule has 0 heterocycles. The summed E-state index contributed by atoms with van der Waals surface area (Å²) in [5, 5.41) is 8.65. The zero-order valence-corrected chi connectivity index (χ0v) is 11.4. The van der Waals surface area contributed by atoms with Crippen molar-refractivity contribution in [2.24, 2.45) is 4.99 Å². The highest BCUT2D eigenvalue weighted by molar-refractivity contribution is 5.86. The highest BCUT2D eigenvalue weighted by Crippen LogP contribution is 1.73. The van der Waals surface area contributed by atoms with Crippen LogP contribution >= 0.6 is 0 Å². The number of rotatable bonds is 9. The fourth-order valence-corrected chi connectivity index (χ4v) is 1.13. The van der Waals surface area contributed by atoms with E-state index in [4.69, 9.17) is 9.47 Å². The van der Waals surface area contributed by atoms with E-state index >= 15 is 0 Å². The molecule has 18 heavy (non-hydrogen) atoms. The predicted octanol–water partition coefficient (Wildman–Crippen LogP) is -1.05. The van der Waals surface area contributed by atoms with Gasteiger partial charge in [0.25, 0.3) is 0 Å². The summed E-state index contributed by atoms with van der Waals surface area (Å²) in [6.07, 6.45) is 0. The number of guanidine groups is 1. The molecule has 0 radical (unpaired) electrons. The van der Waals surface area contributed by atoms with Crippen LogP contribution in [0.2, 0.25) is 0 Å². The first kappa shape index (κ1) is 16.7. The van der Waals surface area contributed by atoms with Crippen molar-refractivity contribution in [2.45, 2.75) is 6.92 Å². The number of nitrogens with one attached hydrogen (secondary N) is 3. The van der Waals surface area contributed by atoms with Gasteiger partial charge in [-0.1, -0.05) is 0 Å². The Bertz CT molecular complexity index is 246. The van der Waals surface area contributed by atoms with E-state index in [1.165, 1.54) is 0 Å². The van der Waals surface area contributed by atoms with Crippen molar-refractivity contribution in [3.8, 4) is 0 Å². The Balaban J connectivity index is 3.63. The second-order valence-electron chi connectivity index (χ2n) is 3.39. The zero-order chi connectivity index (χ0) is 13.6. The number of aliphatic imine (C=N–C) groups is 1. The van der Waals surface area contributed by atoms with Crippen LogP contribution in [-0.4, -0.2) is 65.5 Å². The molecule has 0 saturated carbocycles. The molecule has 7 heteroatoms. The van der Waals surface area contributed by atoms with Crippen molar-refractivity contribution >= 4 is 11.9 Å². The molecule has 0 saturated heterocycles. The number of carbonyl (C=O) groups is 1. The summed E-state index contributed by atoms with van der Waals surface area (Å²) in [5.41, 5.74) is 0. The summed E-state index contributed by atoms with van der Waals surface area (Å²) >= 11 is 0. The Morgan fingerprint density at radius 3 is 2.50 bits per heavy atom. The molecule has 0 rings (SSSR count). The predicted molar refractivity (Wildman–Crippen MR) is 70.7 cm³/mol. The van der Waals surface area contributed by atoms with Gasteiger partial charge in [-0.05, 0) is 6.92 Å². The number of hydrogen-bond donors (Lipinski definition) is 3. The molecular formula is C11H24N4O3. The molecule has 0 aromatic heterocycles. The maximum absolute atomic E-state index is 11.4. The van der Waals surface area contributed by atoms with Gasteiger partial charge >= 0.3 is 0 Å². The van der Waals surface area contributed by atoms with Gasteiger partial charge < -0.3 is 25.4 Å². The molecule has 0 aliphatic rings. The molecule has 0 aliphatic carbocycles. The molecular weight excluding hydrogens is 236 g/mol. The first-order chi connectivity index (χ1) is 8.74. The highest BCUT2D eigenvalue weighted by Gasteiger charge is 2.02. The molecule has 0 spiro atoms. The number of carbonyl (C=O) groups excluding carboxylic acids is 1. The molecule has 0 bridgehead atoms. The minimum absolute atomic E-state index is 0.0974. The van der Waals surface area contributed by atoms with E-state index in [2.05, 4.69) is 20.9 Å². The van der Waals surface area contributed by atoms with E-state index in [0.717, 1.165) is 0 Å². The van der Waals surface area contributed by atoms with Gasteiger partial charge in [0.05, 0.1) is 19.8 Å². The Morgan fingerprint density at radius 1 is 1.17 bits per heavy atom. The van der Waals surface area contributed by atoms with E-state index in [-0.39, 0.29) is 12.5 Å². The van der Waals surface area contributed by atoms with Crippen LogP contribution in [0.5, 0.6) is 0 Å². The smallest absolute Gasteiger partial charge is 0.239 e. The molecule has 0 fully saturated rings. The van der Waals surface area contributed by atoms with Crippen LogP contribution in [0.4, 0.5) is 0 Å². The van der Waals surface area contributed by atoms with Gasteiger partial charge in [-0.25, -0.2) is 0 Å². The number of amides is 1. The van der Waals surface area contributed by atoms with Crippen LogP contribution in [0.15, 0.2) is 4.99 Å². The van der Waals surface area contributed by atoms with E-state index in [1.54, 1.807) is 14.2 Å². The average Bonchev–Trinajstić information content (AvgIpc) is 2.38. The standard InChI is InChI=1S/C11H24N4O3/c1-4-18-8-6-14-11(12-2)15-9-10(16)13-5-7-17-3/h4-9H2,1-3H3,(H,13,16)(H2,12,14,15). The van der Waals surface area contributed by atoms with Crippen LogP contribution in [-0.2, 0) is 14.3 Å². The van der Waals surface area contributed by atoms with Crippen molar-refractivity contribution in [3.63, 3.8) is 0 Å². The summed E-state index contributed by atoms with van der Waals surface area (Å²) in [6, 6.07) is 0. The molecule has 7 nitrogen and oxygen atoms in total. The van der Waals surface area contributed by atoms with Crippen LogP contribution in [0.3, 0.4) is 0 Å². The Labute approximate surface area is 108 Å². The fourth-order valence-electron chi connectivity index (χ4n) is 1.13. The molecule has 0 aliphatic heterocycles. The first-order valence-corrected chi connectivity index (χ1v) is 6.02. The number of hydrogen-bond acceptors (Lipinski definition) is 4. The van der Waals surface area contributed by atoms with E-state index < -0.39 is 0 Å². The average molecular weight is 260 g/mol. The third-order valence-electron chi connectivity index (χ3n) is 2.01. The molecule has 1 amide bonds. The molecule has 0 atom stereocenters. The minimum atomic E-state index is -0.0974. The van der Waals surface area contributed by atoms with Crippen LogP contribution in [0.1, 0.15) is 6.92 Å². The topological polar surface area (TPSA) is 84.0 Å². The summed E-state index contributed by atoms with van der Waals surface area (Å²) in [6.45, 7) is 5.08. The van der Waals surface area contributed by atoms with Crippen LogP contribution < -0.4 is 16.0 Å². The summed E-state index contributed by atoms with van der Waals surface area (Å²) in [4.78, 5) is 15.4. The lowest BCUT2D eigenvalue weighted by atomic mass is 10.5. The largest absolute Gasteiger partial charge is 0.383 e. The molecule has 106 valence electrons. The van der Waals surface area contributed by atoms with E-state index in [9.17, 15) is 4.79 Å². The van der Waals surface area contributed by atoms with Gasteiger partial charge in [0.1, 0.15) is 0 Å². The molecule has 0 aromatic rings. The molecule has 0 aromatic carbocycles. The third-order valence-corrected chi connectivity index (χ3v) is 2.01. The Morgan fingerprint density at radius 2 is 1.89 bits per heavy atom. The second-order valence-corrected chi connectivity index (χ2v) is 3.39. The summed E-state index contributed by atoms with van der Waals surface area (Å²) in [7, 11) is 3.24. The van der Waals surface area contributed by atoms with Crippen molar-refractivity contribution in [3.05, 3.63) is 0 Å². The van der Waals surface area contributed by atoms with Gasteiger partial charge in [-0.2, -0.15) is 0 Å². The second kappa shape index (κ2) is 12.1. The summed E-state index contributed by atoms with van der Waals surface area (Å²) < 4.78 is 10.0. The fraction of sp³-hybridized carbons (Fsp3) is 0.818. The van der Waals surface area contributed by atoms with Gasteiger partial charge in [0, 0.05) is 33.9 Å². The lowest BCUT2D eigenvalue weighted by molar-refractivity contribution is -0.120. The normalized spacial score (nSPS) is 11.2. The first-order valence-electron chi connectivity index (χ1n) is 6.02. The number of methoxy groups -OCH3 is 1. The van der Waals surface area contributed by atoms with E-state index in [0.29, 0.717) is 38.9 Å². The minimum Gasteiger partial charge on any atom is -0.383 e. The lowest BCUT2D eigenvalue weighted by Crippen LogP contribution is -2.44. The van der Waals surface area contributed by atoms with Crippen LogP contribution in [0, 0.1) is 0 Å². The maximum atomic E-state index is 11.4. The van der Waals surface area contributed by atoms with Gasteiger partial charge in [0.15, 0.2) is 5.96 Å². The monoisotopic (exact) mass is 260 g/mol. The number of ether oxygens (including phenoxy) is 2. The number of nitrogens with zero attached hydrogens (tertiary/aromatic N) is 1. The molecule has 3 N–H and O–H groups in total. The lowest BCUT2D eigenvalue weighted by Gasteiger charge is -2.11. The van der Waals surface area contributed by atoms with Crippen molar-refractivity contribution in [1.82, 2.24) is 16.0 Å². The van der Waals surface area contributed by atoms with Gasteiger partial charge in [0.2, 0.25) is 5.91 Å². The highest BCUT2D eigenvalue weighted by atomic mass is 16.5. The zero-order valence-electron chi connectivity index (χ0n) is 11.4. The van der Waals surface area contributed by atoms with Gasteiger partial charge in [-0.3, -0.25) is 9.79 Å². The van der Waals surface area contributed by atoms with Crippen molar-refractivity contribution in [2.75, 3.05) is 53.6 Å². The third kappa shape index (κ3) is 9.86. The molecule has 0 unspecified atom stereocenters. The SMILES string of the molecule is CCOCCNC(=NC)NCC(=O)NCCOC. The van der Waals surface area contributed by atoms with E-state index in [1.807, 2.05) is 6.92 Å². The quantitative estimate of drug-likeness (QED) is 0.280. The van der Waals surface area contributed by atoms with Crippen LogP contribution in [0.25, 0.3) is 0 Å². The van der Waals surface area contributed by atoms with Crippen molar-refractivity contribution in [1.29, 1.82) is 0 Å². The Hall–Kier alpha value is -1.34. The van der Waals surface area contributed by atoms with Gasteiger partial charge in [-0.15, -0.1) is 0 Å². The Kier molecular flexibility index (Phi) is 11.2. The maximum Gasteiger partial charge on any atom is 0.239 e. The van der Waals surface area contributed by atoms with Crippen molar-refractivity contribution < 1.29 is 14.3 Å². The summed E-state index contributed by atoms with van der Waals surface area (Å²) in [5.74, 6) is 0.483.